The predicted molar refractivity (Wildman–Crippen MR) is 135 cm³/mol. The monoisotopic (exact) mass is 482 g/mol. The number of aryl methyl sites for hydroxylation is 2. The van der Waals surface area contributed by atoms with Crippen LogP contribution < -0.4 is 11.0 Å². The molecular formula is C27H26N6O3. The van der Waals surface area contributed by atoms with Gasteiger partial charge in [-0.05, 0) is 44.4 Å². The van der Waals surface area contributed by atoms with Gasteiger partial charge in [-0.15, -0.1) is 5.10 Å². The van der Waals surface area contributed by atoms with E-state index in [1.165, 1.54) is 9.96 Å². The Morgan fingerprint density at radius 2 is 1.83 bits per heavy atom. The van der Waals surface area contributed by atoms with Crippen molar-refractivity contribution >= 4 is 11.6 Å². The van der Waals surface area contributed by atoms with Crippen molar-refractivity contribution < 1.29 is 9.32 Å². The van der Waals surface area contributed by atoms with Crippen molar-refractivity contribution in [2.75, 3.05) is 0 Å². The fourth-order valence-electron chi connectivity index (χ4n) is 4.02. The number of nitrogens with one attached hydrogen (secondary N) is 1. The van der Waals surface area contributed by atoms with Gasteiger partial charge < -0.3 is 9.84 Å². The molecule has 0 radical (unpaired) electrons. The van der Waals surface area contributed by atoms with Gasteiger partial charge in [0.15, 0.2) is 5.65 Å². The highest BCUT2D eigenvalue weighted by Crippen LogP contribution is 2.24. The van der Waals surface area contributed by atoms with Gasteiger partial charge in [-0.1, -0.05) is 65.3 Å². The van der Waals surface area contributed by atoms with E-state index in [1.54, 1.807) is 18.3 Å². The van der Waals surface area contributed by atoms with Crippen LogP contribution in [-0.2, 0) is 17.8 Å². The Bertz CT molecular complexity index is 1550. The van der Waals surface area contributed by atoms with Crippen LogP contribution in [0.2, 0.25) is 0 Å². The minimum atomic E-state index is -0.419. The Hall–Kier alpha value is -4.53. The summed E-state index contributed by atoms with van der Waals surface area (Å²) in [5.74, 6) is 0.409. The number of nitrogens with zero attached hydrogens (tertiary/aromatic N) is 5. The summed E-state index contributed by atoms with van der Waals surface area (Å²) < 4.78 is 8.01. The predicted octanol–water partition coefficient (Wildman–Crippen LogP) is 3.66. The number of rotatable bonds is 8. The lowest BCUT2D eigenvalue weighted by Gasteiger charge is -2.13. The first kappa shape index (κ1) is 23.2. The Kier molecular flexibility index (Phi) is 6.44. The first-order valence-electron chi connectivity index (χ1n) is 11.8. The van der Waals surface area contributed by atoms with E-state index in [-0.39, 0.29) is 24.4 Å². The molecule has 0 saturated carbocycles. The number of aromatic nitrogens is 5. The number of carbonyl (C=O) groups is 1. The molecule has 0 unspecified atom stereocenters. The molecule has 9 heteroatoms. The molecular weight excluding hydrogens is 456 g/mol. The van der Waals surface area contributed by atoms with Crippen LogP contribution in [0, 0.1) is 6.92 Å². The molecule has 3 heterocycles. The number of amides is 1. The van der Waals surface area contributed by atoms with E-state index in [0.717, 1.165) is 28.7 Å². The summed E-state index contributed by atoms with van der Waals surface area (Å²) in [5, 5.41) is 11.4. The standard InChI is InChI=1S/C27H26N6O3/c1-18-10-14-21(15-11-18)24-29-26(36-31-24)22-9-6-16-32-25(22)30-33(27(32)35)17-23(34)28-19(2)12-13-20-7-4-3-5-8-20/h3-11,14-16,19H,12-13,17H2,1-2H3,(H,28,34)/t19-/m0/s1. The smallest absolute Gasteiger partial charge is 0.350 e. The minimum Gasteiger partial charge on any atom is -0.352 e. The zero-order valence-electron chi connectivity index (χ0n) is 20.1. The maximum absolute atomic E-state index is 12.9. The van der Waals surface area contributed by atoms with Crippen LogP contribution in [0.25, 0.3) is 28.5 Å². The first-order chi connectivity index (χ1) is 17.5. The summed E-state index contributed by atoms with van der Waals surface area (Å²) in [6.45, 7) is 3.77. The number of carbonyl (C=O) groups excluding carboxylic acids is 1. The van der Waals surface area contributed by atoms with Crippen LogP contribution in [0.15, 0.2) is 82.2 Å². The van der Waals surface area contributed by atoms with Crippen molar-refractivity contribution in [3.63, 3.8) is 0 Å². The van der Waals surface area contributed by atoms with Gasteiger partial charge in [0.25, 0.3) is 5.89 Å². The summed E-state index contributed by atoms with van der Waals surface area (Å²) in [5.41, 5.74) is 3.60. The van der Waals surface area contributed by atoms with Gasteiger partial charge in [0.1, 0.15) is 6.54 Å². The van der Waals surface area contributed by atoms with Crippen molar-refractivity contribution in [2.24, 2.45) is 0 Å². The Balaban J connectivity index is 1.32. The molecule has 0 bridgehead atoms. The van der Waals surface area contributed by atoms with E-state index in [2.05, 4.69) is 32.7 Å². The van der Waals surface area contributed by atoms with Gasteiger partial charge in [0, 0.05) is 17.8 Å². The number of benzene rings is 2. The molecule has 0 aliphatic rings. The topological polar surface area (TPSA) is 107 Å². The lowest BCUT2D eigenvalue weighted by Crippen LogP contribution is -2.37. The molecule has 36 heavy (non-hydrogen) atoms. The SMILES string of the molecule is Cc1ccc(-c2noc(-c3cccn4c(=O)n(CC(=O)N[C@@H](C)CCc5ccccc5)nc34)n2)cc1. The van der Waals surface area contributed by atoms with E-state index in [0.29, 0.717) is 17.0 Å². The fourth-order valence-corrected chi connectivity index (χ4v) is 4.02. The second-order valence-electron chi connectivity index (χ2n) is 8.84. The molecule has 182 valence electrons. The molecule has 1 atom stereocenters. The van der Waals surface area contributed by atoms with Gasteiger partial charge in [-0.25, -0.2) is 13.9 Å². The maximum atomic E-state index is 12.9. The average molecular weight is 483 g/mol. The zero-order valence-corrected chi connectivity index (χ0v) is 20.1. The van der Waals surface area contributed by atoms with Crippen LogP contribution in [0.3, 0.4) is 0 Å². The first-order valence-corrected chi connectivity index (χ1v) is 11.8. The number of fused-ring (bicyclic) bond motifs is 1. The van der Waals surface area contributed by atoms with Crippen LogP contribution >= 0.6 is 0 Å². The summed E-state index contributed by atoms with van der Waals surface area (Å²) in [6.07, 6.45) is 3.25. The maximum Gasteiger partial charge on any atom is 0.350 e. The van der Waals surface area contributed by atoms with E-state index >= 15 is 0 Å². The Labute approximate surface area is 207 Å². The molecule has 9 nitrogen and oxygen atoms in total. The zero-order chi connectivity index (χ0) is 25.1. The Morgan fingerprint density at radius 3 is 2.61 bits per heavy atom. The van der Waals surface area contributed by atoms with Crippen LogP contribution in [0.5, 0.6) is 0 Å². The fraction of sp³-hybridized carbons (Fsp3) is 0.222. The average Bonchev–Trinajstić information content (AvgIpc) is 3.49. The highest BCUT2D eigenvalue weighted by atomic mass is 16.5. The molecule has 0 fully saturated rings. The lowest BCUT2D eigenvalue weighted by atomic mass is 10.1. The number of pyridine rings is 1. The van der Waals surface area contributed by atoms with Crippen molar-refractivity contribution in [3.05, 3.63) is 94.5 Å². The third-order valence-corrected chi connectivity index (χ3v) is 5.99. The van der Waals surface area contributed by atoms with E-state index in [1.807, 2.05) is 56.3 Å². The molecule has 1 amide bonds. The minimum absolute atomic E-state index is 0.0420. The molecule has 0 aliphatic carbocycles. The largest absolute Gasteiger partial charge is 0.352 e. The van der Waals surface area contributed by atoms with Crippen LogP contribution in [0.4, 0.5) is 0 Å². The van der Waals surface area contributed by atoms with E-state index < -0.39 is 5.69 Å². The lowest BCUT2D eigenvalue weighted by molar-refractivity contribution is -0.122. The van der Waals surface area contributed by atoms with Gasteiger partial charge in [-0.2, -0.15) is 4.98 Å². The molecule has 1 N–H and O–H groups in total. The second-order valence-corrected chi connectivity index (χ2v) is 8.84. The molecule has 5 rings (SSSR count). The highest BCUT2D eigenvalue weighted by Gasteiger charge is 2.19. The number of hydrogen-bond acceptors (Lipinski definition) is 6. The third kappa shape index (κ3) is 4.95. The normalized spacial score (nSPS) is 12.1. The van der Waals surface area contributed by atoms with Crippen LogP contribution in [-0.4, -0.2) is 36.3 Å². The number of hydrogen-bond donors (Lipinski definition) is 1. The second kappa shape index (κ2) is 9.99. The molecule has 0 saturated heterocycles. The summed E-state index contributed by atoms with van der Waals surface area (Å²) in [4.78, 5) is 30.1. The van der Waals surface area contributed by atoms with E-state index in [9.17, 15) is 9.59 Å². The molecule has 2 aromatic carbocycles. The highest BCUT2D eigenvalue weighted by molar-refractivity contribution is 5.76. The molecule has 5 aromatic rings. The third-order valence-electron chi connectivity index (χ3n) is 5.99. The Morgan fingerprint density at radius 1 is 1.06 bits per heavy atom. The van der Waals surface area contributed by atoms with Gasteiger partial charge >= 0.3 is 5.69 Å². The van der Waals surface area contributed by atoms with Gasteiger partial charge in [0.05, 0.1) is 5.56 Å². The van der Waals surface area contributed by atoms with Crippen molar-refractivity contribution in [3.8, 4) is 22.8 Å². The van der Waals surface area contributed by atoms with Crippen molar-refractivity contribution in [1.82, 2.24) is 29.6 Å². The van der Waals surface area contributed by atoms with Crippen molar-refractivity contribution in [2.45, 2.75) is 39.3 Å². The summed E-state index contributed by atoms with van der Waals surface area (Å²) >= 11 is 0. The van der Waals surface area contributed by atoms with Crippen LogP contribution in [0.1, 0.15) is 24.5 Å². The summed E-state index contributed by atoms with van der Waals surface area (Å²) in [7, 11) is 0. The summed E-state index contributed by atoms with van der Waals surface area (Å²) in [6, 6.07) is 21.3. The quantitative estimate of drug-likeness (QED) is 0.362. The van der Waals surface area contributed by atoms with Gasteiger partial charge in [0.2, 0.25) is 11.7 Å². The molecule has 0 aliphatic heterocycles. The van der Waals surface area contributed by atoms with E-state index in [4.69, 9.17) is 4.52 Å². The van der Waals surface area contributed by atoms with Gasteiger partial charge in [-0.3, -0.25) is 4.79 Å². The molecule has 3 aromatic heterocycles. The van der Waals surface area contributed by atoms with Crippen molar-refractivity contribution in [1.29, 1.82) is 0 Å². The molecule has 0 spiro atoms.